The average Bonchev–Trinajstić information content (AvgIpc) is 3.36. The van der Waals surface area contributed by atoms with E-state index in [0.717, 1.165) is 43.5 Å². The summed E-state index contributed by atoms with van der Waals surface area (Å²) in [6.45, 7) is 5.91. The maximum absolute atomic E-state index is 12.6. The maximum atomic E-state index is 12.6. The van der Waals surface area contributed by atoms with Crippen LogP contribution < -0.4 is 15.5 Å². The molecule has 4 heterocycles. The topological polar surface area (TPSA) is 62.2 Å². The van der Waals surface area contributed by atoms with Gasteiger partial charge in [0.15, 0.2) is 0 Å². The first-order valence-electron chi connectivity index (χ1n) is 11.5. The fraction of sp³-hybridized carbons (Fsp3) is 0.440. The number of aromatic nitrogens is 2. The number of benzene rings is 1. The molecule has 0 aliphatic carbocycles. The maximum Gasteiger partial charge on any atom is 0.252 e. The molecule has 0 saturated carbocycles. The van der Waals surface area contributed by atoms with Crippen LogP contribution in [-0.4, -0.2) is 47.2 Å². The zero-order chi connectivity index (χ0) is 21.2. The number of pyridine rings is 1. The fourth-order valence-corrected chi connectivity index (χ4v) is 4.93. The van der Waals surface area contributed by atoms with Crippen LogP contribution in [-0.2, 0) is 13.0 Å². The van der Waals surface area contributed by atoms with Gasteiger partial charge in [0, 0.05) is 61.7 Å². The van der Waals surface area contributed by atoms with E-state index >= 15 is 0 Å². The van der Waals surface area contributed by atoms with Crippen LogP contribution in [0, 0.1) is 0 Å². The Kier molecular flexibility index (Phi) is 5.64. The number of rotatable bonds is 7. The first kappa shape index (κ1) is 20.1. The predicted molar refractivity (Wildman–Crippen MR) is 125 cm³/mol. The molecule has 2 bridgehead atoms. The number of carbonyl (C=O) groups is 1. The van der Waals surface area contributed by atoms with Gasteiger partial charge in [-0.3, -0.25) is 4.79 Å². The second kappa shape index (κ2) is 8.71. The number of amides is 1. The Balaban J connectivity index is 1.14. The van der Waals surface area contributed by atoms with Crippen LogP contribution in [0.4, 0.5) is 5.69 Å². The molecule has 2 N–H and O–H groups in total. The lowest BCUT2D eigenvalue weighted by atomic mass is 10.1. The van der Waals surface area contributed by atoms with Gasteiger partial charge in [-0.1, -0.05) is 19.1 Å². The van der Waals surface area contributed by atoms with Crippen molar-refractivity contribution in [1.29, 1.82) is 0 Å². The van der Waals surface area contributed by atoms with Crippen molar-refractivity contribution in [2.24, 2.45) is 0 Å². The number of nitrogens with zero attached hydrogens (tertiary/aromatic N) is 3. The largest absolute Gasteiger partial charge is 0.368 e. The summed E-state index contributed by atoms with van der Waals surface area (Å²) in [6.07, 6.45) is 8.20. The highest BCUT2D eigenvalue weighted by atomic mass is 16.1. The SMILES string of the molecule is CCCn1ccc2cc(C(=O)NCCc3ccc(N4CC5CC[C@@H](C4)N5)cc3)cnc21. The summed E-state index contributed by atoms with van der Waals surface area (Å²) < 4.78 is 2.13. The highest BCUT2D eigenvalue weighted by Crippen LogP contribution is 2.25. The number of fused-ring (bicyclic) bond motifs is 3. The molecule has 162 valence electrons. The second-order valence-electron chi connectivity index (χ2n) is 8.86. The smallest absolute Gasteiger partial charge is 0.252 e. The van der Waals surface area contributed by atoms with Crippen molar-refractivity contribution in [3.63, 3.8) is 0 Å². The Labute approximate surface area is 183 Å². The van der Waals surface area contributed by atoms with Crippen LogP contribution in [0.25, 0.3) is 11.0 Å². The Morgan fingerprint density at radius 2 is 1.94 bits per heavy atom. The Morgan fingerprint density at radius 3 is 2.68 bits per heavy atom. The lowest BCUT2D eigenvalue weighted by Crippen LogP contribution is -2.51. The molecule has 2 aliphatic rings. The van der Waals surface area contributed by atoms with Gasteiger partial charge in [-0.15, -0.1) is 0 Å². The van der Waals surface area contributed by atoms with Crippen LogP contribution in [0.3, 0.4) is 0 Å². The van der Waals surface area contributed by atoms with E-state index in [1.54, 1.807) is 6.20 Å². The molecule has 2 fully saturated rings. The Hall–Kier alpha value is -2.86. The zero-order valence-electron chi connectivity index (χ0n) is 18.2. The molecular weight excluding hydrogens is 386 g/mol. The van der Waals surface area contributed by atoms with Gasteiger partial charge in [0.2, 0.25) is 0 Å². The summed E-state index contributed by atoms with van der Waals surface area (Å²) in [5.41, 5.74) is 4.11. The van der Waals surface area contributed by atoms with Gasteiger partial charge in [-0.2, -0.15) is 0 Å². The van der Waals surface area contributed by atoms with Gasteiger partial charge in [-0.25, -0.2) is 4.98 Å². The van der Waals surface area contributed by atoms with Crippen molar-refractivity contribution < 1.29 is 4.79 Å². The predicted octanol–water partition coefficient (Wildman–Crippen LogP) is 3.36. The van der Waals surface area contributed by atoms with Crippen molar-refractivity contribution in [2.75, 3.05) is 24.5 Å². The van der Waals surface area contributed by atoms with Crippen molar-refractivity contribution in [2.45, 2.75) is 51.2 Å². The first-order chi connectivity index (χ1) is 15.2. The second-order valence-corrected chi connectivity index (χ2v) is 8.86. The van der Waals surface area contributed by atoms with Gasteiger partial charge in [0.25, 0.3) is 5.91 Å². The summed E-state index contributed by atoms with van der Waals surface area (Å²) in [7, 11) is 0. The Bertz CT molecular complexity index is 1050. The van der Waals surface area contributed by atoms with Gasteiger partial charge in [-0.05, 0) is 55.5 Å². The molecule has 5 rings (SSSR count). The van der Waals surface area contributed by atoms with Gasteiger partial charge >= 0.3 is 0 Å². The summed E-state index contributed by atoms with van der Waals surface area (Å²) in [4.78, 5) is 19.6. The quantitative estimate of drug-likeness (QED) is 0.619. The third kappa shape index (κ3) is 4.30. The molecule has 6 heteroatoms. The van der Waals surface area contributed by atoms with E-state index in [2.05, 4.69) is 56.3 Å². The minimum absolute atomic E-state index is 0.0643. The third-order valence-corrected chi connectivity index (χ3v) is 6.55. The van der Waals surface area contributed by atoms with Gasteiger partial charge < -0.3 is 20.1 Å². The van der Waals surface area contributed by atoms with Crippen molar-refractivity contribution in [3.8, 4) is 0 Å². The van der Waals surface area contributed by atoms with Crippen LogP contribution in [0.2, 0.25) is 0 Å². The highest BCUT2D eigenvalue weighted by Gasteiger charge is 2.32. The summed E-state index contributed by atoms with van der Waals surface area (Å²) in [5.74, 6) is -0.0643. The monoisotopic (exact) mass is 417 g/mol. The van der Waals surface area contributed by atoms with Crippen LogP contribution in [0.5, 0.6) is 0 Å². The van der Waals surface area contributed by atoms with Crippen molar-refractivity contribution in [3.05, 3.63) is 59.9 Å². The molecule has 2 aromatic heterocycles. The lowest BCUT2D eigenvalue weighted by Gasteiger charge is -2.34. The van der Waals surface area contributed by atoms with E-state index in [4.69, 9.17) is 0 Å². The molecule has 2 atom stereocenters. The zero-order valence-corrected chi connectivity index (χ0v) is 18.2. The minimum atomic E-state index is -0.0643. The number of nitrogens with one attached hydrogen (secondary N) is 2. The van der Waals surface area contributed by atoms with Crippen LogP contribution in [0.1, 0.15) is 42.1 Å². The molecular formula is C25H31N5O. The van der Waals surface area contributed by atoms with Crippen LogP contribution in [0.15, 0.2) is 48.8 Å². The number of aryl methyl sites for hydroxylation is 1. The van der Waals surface area contributed by atoms with Crippen molar-refractivity contribution >= 4 is 22.6 Å². The number of carbonyl (C=O) groups excluding carboxylic acids is 1. The van der Waals surface area contributed by atoms with E-state index in [1.165, 1.54) is 24.1 Å². The van der Waals surface area contributed by atoms with E-state index in [0.29, 0.717) is 24.2 Å². The van der Waals surface area contributed by atoms with E-state index in [-0.39, 0.29) is 5.91 Å². The normalized spacial score (nSPS) is 20.4. The average molecular weight is 418 g/mol. The molecule has 3 aromatic rings. The molecule has 31 heavy (non-hydrogen) atoms. The molecule has 6 nitrogen and oxygen atoms in total. The standard InChI is InChI=1S/C25H31N5O/c1-2-12-29-13-10-19-14-20(15-27-24(19)29)25(31)26-11-9-18-3-7-23(8-4-18)30-16-21-5-6-22(17-30)28-21/h3-4,7-8,10,13-15,21-22,28H,2,5-6,9,11-12,16-17H2,1H3,(H,26,31)/t21-,22?/m0/s1. The fourth-order valence-electron chi connectivity index (χ4n) is 4.93. The molecule has 0 radical (unpaired) electrons. The van der Waals surface area contributed by atoms with Gasteiger partial charge in [0.05, 0.1) is 5.56 Å². The van der Waals surface area contributed by atoms with Gasteiger partial charge in [0.1, 0.15) is 5.65 Å². The molecule has 0 spiro atoms. The summed E-state index contributed by atoms with van der Waals surface area (Å²) in [5, 5.41) is 7.73. The van der Waals surface area contributed by atoms with Crippen LogP contribution >= 0.6 is 0 Å². The number of anilines is 1. The molecule has 2 aliphatic heterocycles. The highest BCUT2D eigenvalue weighted by molar-refractivity contribution is 5.96. The number of piperazine rings is 1. The van der Waals surface area contributed by atoms with E-state index < -0.39 is 0 Å². The molecule has 2 saturated heterocycles. The summed E-state index contributed by atoms with van der Waals surface area (Å²) in [6, 6.07) is 14.1. The number of hydrogen-bond acceptors (Lipinski definition) is 4. The Morgan fingerprint density at radius 1 is 1.16 bits per heavy atom. The molecule has 1 amide bonds. The minimum Gasteiger partial charge on any atom is -0.368 e. The molecule has 1 unspecified atom stereocenters. The first-order valence-corrected chi connectivity index (χ1v) is 11.5. The summed E-state index contributed by atoms with van der Waals surface area (Å²) >= 11 is 0. The lowest BCUT2D eigenvalue weighted by molar-refractivity contribution is 0.0954. The molecule has 1 aromatic carbocycles. The van der Waals surface area contributed by atoms with E-state index in [1.807, 2.05) is 18.3 Å². The number of hydrogen-bond donors (Lipinski definition) is 2. The van der Waals surface area contributed by atoms with Crippen molar-refractivity contribution in [1.82, 2.24) is 20.2 Å². The third-order valence-electron chi connectivity index (χ3n) is 6.55. The van der Waals surface area contributed by atoms with E-state index in [9.17, 15) is 4.79 Å².